The van der Waals surface area contributed by atoms with E-state index in [4.69, 9.17) is 4.74 Å². The van der Waals surface area contributed by atoms with E-state index in [1.807, 2.05) is 32.0 Å². The van der Waals surface area contributed by atoms with Gasteiger partial charge in [0.05, 0.1) is 7.11 Å². The molecule has 2 N–H and O–H groups in total. The fourth-order valence-corrected chi connectivity index (χ4v) is 2.15. The second-order valence-corrected chi connectivity index (χ2v) is 5.78. The van der Waals surface area contributed by atoms with Gasteiger partial charge in [-0.05, 0) is 49.8 Å². The van der Waals surface area contributed by atoms with Crippen LogP contribution in [0.2, 0.25) is 0 Å². The number of ether oxygens (including phenoxy) is 1. The average molecular weight is 338 g/mol. The van der Waals surface area contributed by atoms with E-state index in [-0.39, 0.29) is 23.6 Å². The normalized spacial score (nSPS) is 11.1. The van der Waals surface area contributed by atoms with Crippen molar-refractivity contribution in [2.45, 2.75) is 19.9 Å². The first-order chi connectivity index (χ1) is 12.0. The largest absolute Gasteiger partial charge is 0.497 e. The van der Waals surface area contributed by atoms with Crippen molar-refractivity contribution in [2.24, 2.45) is 0 Å². The molecule has 0 aliphatic rings. The molecule has 130 valence electrons. The van der Waals surface area contributed by atoms with Crippen molar-refractivity contribution in [1.82, 2.24) is 10.6 Å². The predicted molar refractivity (Wildman–Crippen MR) is 98.2 cm³/mol. The standard InChI is InChI=1S/C20H22N2O3/c1-14(2)21-20(24)18(13-15-9-11-17(25-3)12-10-15)22-19(23)16-7-5-4-6-8-16/h4-14H,1-3H3,(H,21,24)(H,22,23)/b18-13+. The first kappa shape index (κ1) is 18.3. The maximum Gasteiger partial charge on any atom is 0.268 e. The minimum absolute atomic E-state index is 0.0413. The molecule has 0 fully saturated rings. The van der Waals surface area contributed by atoms with E-state index >= 15 is 0 Å². The maximum atomic E-state index is 12.4. The van der Waals surface area contributed by atoms with Gasteiger partial charge in [0, 0.05) is 11.6 Å². The smallest absolute Gasteiger partial charge is 0.268 e. The van der Waals surface area contributed by atoms with Gasteiger partial charge < -0.3 is 15.4 Å². The van der Waals surface area contributed by atoms with Crippen LogP contribution in [0.1, 0.15) is 29.8 Å². The summed E-state index contributed by atoms with van der Waals surface area (Å²) in [6.07, 6.45) is 1.64. The third kappa shape index (κ3) is 5.49. The average Bonchev–Trinajstić information content (AvgIpc) is 2.62. The van der Waals surface area contributed by atoms with Crippen molar-refractivity contribution in [3.05, 3.63) is 71.4 Å². The Balaban J connectivity index is 2.27. The van der Waals surface area contributed by atoms with Gasteiger partial charge >= 0.3 is 0 Å². The van der Waals surface area contributed by atoms with Crippen LogP contribution in [0.5, 0.6) is 5.75 Å². The van der Waals surface area contributed by atoms with E-state index in [1.165, 1.54) is 0 Å². The second kappa shape index (κ2) is 8.68. The maximum absolute atomic E-state index is 12.4. The highest BCUT2D eigenvalue weighted by Gasteiger charge is 2.15. The van der Waals surface area contributed by atoms with Crippen LogP contribution in [0.15, 0.2) is 60.3 Å². The summed E-state index contributed by atoms with van der Waals surface area (Å²) in [5.41, 5.74) is 1.45. The molecule has 0 atom stereocenters. The van der Waals surface area contributed by atoms with Crippen LogP contribution in [0.4, 0.5) is 0 Å². The lowest BCUT2D eigenvalue weighted by Gasteiger charge is -2.13. The summed E-state index contributed by atoms with van der Waals surface area (Å²) in [5.74, 6) is 0.0491. The number of amides is 2. The lowest BCUT2D eigenvalue weighted by molar-refractivity contribution is -0.118. The van der Waals surface area contributed by atoms with E-state index in [2.05, 4.69) is 10.6 Å². The van der Waals surface area contributed by atoms with Crippen molar-refractivity contribution in [2.75, 3.05) is 7.11 Å². The molecule has 0 spiro atoms. The fraction of sp³-hybridized carbons (Fsp3) is 0.200. The molecule has 0 aliphatic heterocycles. The van der Waals surface area contributed by atoms with E-state index in [0.29, 0.717) is 5.56 Å². The van der Waals surface area contributed by atoms with Crippen LogP contribution in [-0.2, 0) is 4.79 Å². The van der Waals surface area contributed by atoms with Crippen molar-refractivity contribution in [1.29, 1.82) is 0 Å². The first-order valence-corrected chi connectivity index (χ1v) is 8.02. The Kier molecular flexibility index (Phi) is 6.34. The lowest BCUT2D eigenvalue weighted by Crippen LogP contribution is -2.38. The predicted octanol–water partition coefficient (Wildman–Crippen LogP) is 2.99. The highest BCUT2D eigenvalue weighted by molar-refractivity contribution is 6.05. The quantitative estimate of drug-likeness (QED) is 0.796. The van der Waals surface area contributed by atoms with Gasteiger partial charge in [-0.2, -0.15) is 0 Å². The third-order valence-corrected chi connectivity index (χ3v) is 3.38. The first-order valence-electron chi connectivity index (χ1n) is 8.02. The van der Waals surface area contributed by atoms with Crippen molar-refractivity contribution in [3.63, 3.8) is 0 Å². The van der Waals surface area contributed by atoms with E-state index in [0.717, 1.165) is 11.3 Å². The molecule has 5 heteroatoms. The number of carbonyl (C=O) groups is 2. The molecule has 2 amide bonds. The number of benzene rings is 2. The van der Waals surface area contributed by atoms with Gasteiger partial charge in [-0.25, -0.2) is 0 Å². The third-order valence-electron chi connectivity index (χ3n) is 3.38. The number of hydrogen-bond donors (Lipinski definition) is 2. The molecule has 2 aromatic rings. The van der Waals surface area contributed by atoms with Crippen molar-refractivity contribution < 1.29 is 14.3 Å². The van der Waals surface area contributed by atoms with Crippen LogP contribution in [0.25, 0.3) is 6.08 Å². The van der Waals surface area contributed by atoms with Gasteiger partial charge in [-0.3, -0.25) is 9.59 Å². The Morgan fingerprint density at radius 2 is 1.64 bits per heavy atom. The summed E-state index contributed by atoms with van der Waals surface area (Å²) in [6.45, 7) is 3.73. The highest BCUT2D eigenvalue weighted by atomic mass is 16.5. The highest BCUT2D eigenvalue weighted by Crippen LogP contribution is 2.14. The molecule has 2 rings (SSSR count). The molecule has 0 saturated heterocycles. The zero-order valence-corrected chi connectivity index (χ0v) is 14.6. The number of hydrogen-bond acceptors (Lipinski definition) is 3. The van der Waals surface area contributed by atoms with Gasteiger partial charge in [0.1, 0.15) is 11.4 Å². The summed E-state index contributed by atoms with van der Waals surface area (Å²) in [7, 11) is 1.59. The lowest BCUT2D eigenvalue weighted by atomic mass is 10.1. The van der Waals surface area contributed by atoms with E-state index < -0.39 is 0 Å². The zero-order chi connectivity index (χ0) is 18.2. The second-order valence-electron chi connectivity index (χ2n) is 5.78. The summed E-state index contributed by atoms with van der Waals surface area (Å²) in [6, 6.07) is 15.9. The number of nitrogens with one attached hydrogen (secondary N) is 2. The van der Waals surface area contributed by atoms with Crippen LogP contribution in [0, 0.1) is 0 Å². The van der Waals surface area contributed by atoms with Gasteiger partial charge in [-0.1, -0.05) is 30.3 Å². The molecule has 2 aromatic carbocycles. The molecule has 25 heavy (non-hydrogen) atoms. The van der Waals surface area contributed by atoms with Crippen LogP contribution in [-0.4, -0.2) is 25.0 Å². The summed E-state index contributed by atoms with van der Waals surface area (Å²) < 4.78 is 5.13. The molecule has 5 nitrogen and oxygen atoms in total. The van der Waals surface area contributed by atoms with Crippen molar-refractivity contribution >= 4 is 17.9 Å². The Bertz CT molecular complexity index is 750. The summed E-state index contributed by atoms with van der Waals surface area (Å²) in [4.78, 5) is 24.8. The Labute approximate surface area is 147 Å². The van der Waals surface area contributed by atoms with Crippen LogP contribution >= 0.6 is 0 Å². The number of rotatable bonds is 6. The molecule has 0 bridgehead atoms. The molecule has 0 aliphatic carbocycles. The van der Waals surface area contributed by atoms with Gasteiger partial charge in [0.15, 0.2) is 0 Å². The Morgan fingerprint density at radius 1 is 1.00 bits per heavy atom. The number of carbonyl (C=O) groups excluding carboxylic acids is 2. The van der Waals surface area contributed by atoms with Gasteiger partial charge in [-0.15, -0.1) is 0 Å². The molecule has 0 unspecified atom stereocenters. The monoisotopic (exact) mass is 338 g/mol. The summed E-state index contributed by atoms with van der Waals surface area (Å²) in [5, 5.41) is 5.49. The van der Waals surface area contributed by atoms with Gasteiger partial charge in [0.25, 0.3) is 11.8 Å². The summed E-state index contributed by atoms with van der Waals surface area (Å²) >= 11 is 0. The molecule has 0 aromatic heterocycles. The van der Waals surface area contributed by atoms with Gasteiger partial charge in [0.2, 0.25) is 0 Å². The Morgan fingerprint density at radius 3 is 2.20 bits per heavy atom. The molecular weight excluding hydrogens is 316 g/mol. The van der Waals surface area contributed by atoms with Crippen molar-refractivity contribution in [3.8, 4) is 5.75 Å². The minimum Gasteiger partial charge on any atom is -0.497 e. The van der Waals surface area contributed by atoms with E-state index in [9.17, 15) is 9.59 Å². The fourth-order valence-electron chi connectivity index (χ4n) is 2.15. The molecule has 0 saturated carbocycles. The molecule has 0 radical (unpaired) electrons. The zero-order valence-electron chi connectivity index (χ0n) is 14.6. The minimum atomic E-state index is -0.338. The van der Waals surface area contributed by atoms with Crippen LogP contribution < -0.4 is 15.4 Å². The number of methoxy groups -OCH3 is 1. The molecular formula is C20H22N2O3. The van der Waals surface area contributed by atoms with E-state index in [1.54, 1.807) is 49.6 Å². The topological polar surface area (TPSA) is 67.4 Å². The Hall–Kier alpha value is -3.08. The molecule has 0 heterocycles. The van der Waals surface area contributed by atoms with Crippen LogP contribution in [0.3, 0.4) is 0 Å². The SMILES string of the molecule is COc1ccc(/C=C(/NC(=O)c2ccccc2)C(=O)NC(C)C)cc1.